The summed E-state index contributed by atoms with van der Waals surface area (Å²) in [5, 5.41) is 0. The maximum atomic E-state index is 3.43. The summed E-state index contributed by atoms with van der Waals surface area (Å²) in [7, 11) is 0. The van der Waals surface area contributed by atoms with Crippen molar-refractivity contribution in [2.75, 3.05) is 0 Å². The van der Waals surface area contributed by atoms with Crippen molar-refractivity contribution in [2.45, 2.75) is 117 Å². The van der Waals surface area contributed by atoms with Gasteiger partial charge in [0, 0.05) is 17.8 Å². The summed E-state index contributed by atoms with van der Waals surface area (Å²) >= 11 is 0. The van der Waals surface area contributed by atoms with Crippen LogP contribution < -0.4 is 0 Å². The molecular formula is C24H43N. The number of unbranched alkanes of at least 4 members (excludes halogenated alkanes) is 11. The van der Waals surface area contributed by atoms with E-state index < -0.39 is 0 Å². The molecule has 0 saturated carbocycles. The fourth-order valence-corrected chi connectivity index (χ4v) is 3.70. The highest BCUT2D eigenvalue weighted by molar-refractivity contribution is 5.22. The molecule has 1 rings (SSSR count). The molecule has 1 atom stereocenters. The lowest BCUT2D eigenvalue weighted by molar-refractivity contribution is 0.557. The number of aromatic nitrogens is 1. The highest BCUT2D eigenvalue weighted by atomic mass is 14.7. The van der Waals surface area contributed by atoms with Crippen LogP contribution in [0.25, 0.3) is 0 Å². The molecule has 0 spiro atoms. The van der Waals surface area contributed by atoms with E-state index in [1.165, 1.54) is 95.6 Å². The third kappa shape index (κ3) is 10.6. The van der Waals surface area contributed by atoms with Crippen molar-refractivity contribution in [1.29, 1.82) is 0 Å². The Bertz CT molecular complexity index is 415. The minimum absolute atomic E-state index is 0.595. The smallest absolute Gasteiger partial charge is 0.0219 e. The fourth-order valence-electron chi connectivity index (χ4n) is 3.70. The van der Waals surface area contributed by atoms with Gasteiger partial charge in [-0.25, -0.2) is 0 Å². The zero-order valence-electron chi connectivity index (χ0n) is 17.3. The van der Waals surface area contributed by atoms with Crippen molar-refractivity contribution in [3.63, 3.8) is 0 Å². The lowest BCUT2D eigenvalue weighted by Gasteiger charge is -2.16. The summed E-state index contributed by atoms with van der Waals surface area (Å²) in [6, 6.07) is 4.38. The monoisotopic (exact) mass is 345 g/mol. The third-order valence-electron chi connectivity index (χ3n) is 5.42. The van der Waals surface area contributed by atoms with E-state index in [0.717, 1.165) is 0 Å². The normalized spacial score (nSPS) is 13.3. The van der Waals surface area contributed by atoms with Gasteiger partial charge in [0.15, 0.2) is 0 Å². The standard InChI is InChI=1S/C24H43N/c1-4-6-8-9-10-11-12-13-14-15-16-18-22(3)23(19-7-5-2)24-20-17-21-25-24/h17-18,20-21,23,25H,4-16,19H2,1-3H3. The Hall–Kier alpha value is -0.980. The maximum absolute atomic E-state index is 3.43. The molecule has 0 aliphatic rings. The van der Waals surface area contributed by atoms with Gasteiger partial charge < -0.3 is 4.98 Å². The van der Waals surface area contributed by atoms with Gasteiger partial charge in [-0.1, -0.05) is 96.1 Å². The van der Waals surface area contributed by atoms with E-state index in [2.05, 4.69) is 50.2 Å². The number of hydrogen-bond donors (Lipinski definition) is 1. The predicted octanol–water partition coefficient (Wildman–Crippen LogP) is 8.55. The molecule has 0 amide bonds. The first-order valence-corrected chi connectivity index (χ1v) is 11.1. The molecule has 1 aromatic rings. The van der Waals surface area contributed by atoms with Crippen molar-refractivity contribution in [3.8, 4) is 0 Å². The summed E-state index contributed by atoms with van der Waals surface area (Å²) in [6.45, 7) is 6.91. The molecule has 0 radical (unpaired) electrons. The lowest BCUT2D eigenvalue weighted by Crippen LogP contribution is -2.01. The molecule has 1 heterocycles. The second-order valence-corrected chi connectivity index (χ2v) is 7.74. The Morgan fingerprint density at radius 1 is 0.880 bits per heavy atom. The Morgan fingerprint density at radius 2 is 1.48 bits per heavy atom. The van der Waals surface area contributed by atoms with Gasteiger partial charge in [0.25, 0.3) is 0 Å². The molecule has 0 aromatic carbocycles. The van der Waals surface area contributed by atoms with Gasteiger partial charge in [0.2, 0.25) is 0 Å². The highest BCUT2D eigenvalue weighted by Crippen LogP contribution is 2.29. The van der Waals surface area contributed by atoms with E-state index in [-0.39, 0.29) is 0 Å². The van der Waals surface area contributed by atoms with Crippen LogP contribution in [-0.2, 0) is 0 Å². The number of rotatable bonds is 16. The Labute approximate surface area is 157 Å². The van der Waals surface area contributed by atoms with E-state index in [0.29, 0.717) is 5.92 Å². The fraction of sp³-hybridized carbons (Fsp3) is 0.750. The number of H-pyrrole nitrogens is 1. The SMILES string of the molecule is CCCCCCCCCCCCC=C(C)C(CCCC)c1ccc[nH]1. The predicted molar refractivity (Wildman–Crippen MR) is 113 cm³/mol. The Balaban J connectivity index is 2.14. The first-order chi connectivity index (χ1) is 12.3. The number of allylic oxidation sites excluding steroid dienone is 2. The van der Waals surface area contributed by atoms with Crippen molar-refractivity contribution in [2.24, 2.45) is 0 Å². The average molecular weight is 346 g/mol. The van der Waals surface area contributed by atoms with Crippen LogP contribution >= 0.6 is 0 Å². The van der Waals surface area contributed by atoms with Gasteiger partial charge in [0.05, 0.1) is 0 Å². The quantitative estimate of drug-likeness (QED) is 0.228. The van der Waals surface area contributed by atoms with E-state index in [1.54, 1.807) is 5.57 Å². The van der Waals surface area contributed by atoms with E-state index >= 15 is 0 Å². The van der Waals surface area contributed by atoms with Gasteiger partial charge in [-0.3, -0.25) is 0 Å². The zero-order valence-corrected chi connectivity index (χ0v) is 17.3. The average Bonchev–Trinajstić information content (AvgIpc) is 3.14. The molecule has 144 valence electrons. The lowest BCUT2D eigenvalue weighted by atomic mass is 9.90. The second kappa shape index (κ2) is 15.3. The molecule has 0 aliphatic heterocycles. The summed E-state index contributed by atoms with van der Waals surface area (Å²) in [5.74, 6) is 0.595. The molecule has 25 heavy (non-hydrogen) atoms. The van der Waals surface area contributed by atoms with Crippen molar-refractivity contribution >= 4 is 0 Å². The first-order valence-electron chi connectivity index (χ1n) is 11.1. The van der Waals surface area contributed by atoms with Crippen LogP contribution in [-0.4, -0.2) is 4.98 Å². The molecule has 0 fully saturated rings. The van der Waals surface area contributed by atoms with Crippen LogP contribution in [0.5, 0.6) is 0 Å². The first kappa shape index (κ1) is 22.1. The topological polar surface area (TPSA) is 15.8 Å². The van der Waals surface area contributed by atoms with E-state index in [9.17, 15) is 0 Å². The second-order valence-electron chi connectivity index (χ2n) is 7.74. The Kier molecular flexibility index (Phi) is 13.5. The van der Waals surface area contributed by atoms with Gasteiger partial charge in [-0.15, -0.1) is 0 Å². The molecule has 0 bridgehead atoms. The van der Waals surface area contributed by atoms with Crippen LogP contribution in [0.15, 0.2) is 30.0 Å². The number of hydrogen-bond acceptors (Lipinski definition) is 0. The Morgan fingerprint density at radius 3 is 2.04 bits per heavy atom. The van der Waals surface area contributed by atoms with Crippen LogP contribution in [0.2, 0.25) is 0 Å². The van der Waals surface area contributed by atoms with Gasteiger partial charge in [-0.05, 0) is 38.3 Å². The van der Waals surface area contributed by atoms with Crippen LogP contribution in [0.4, 0.5) is 0 Å². The molecule has 1 nitrogen and oxygen atoms in total. The molecule has 0 saturated heterocycles. The minimum atomic E-state index is 0.595. The van der Waals surface area contributed by atoms with Crippen molar-refractivity contribution in [3.05, 3.63) is 35.7 Å². The van der Waals surface area contributed by atoms with Crippen molar-refractivity contribution in [1.82, 2.24) is 4.98 Å². The molecule has 1 aromatic heterocycles. The zero-order chi connectivity index (χ0) is 18.2. The number of aromatic amines is 1. The summed E-state index contributed by atoms with van der Waals surface area (Å²) in [5.41, 5.74) is 2.96. The van der Waals surface area contributed by atoms with E-state index in [1.807, 2.05) is 0 Å². The highest BCUT2D eigenvalue weighted by Gasteiger charge is 2.13. The summed E-state index contributed by atoms with van der Waals surface area (Å²) in [6.07, 6.45) is 23.9. The summed E-state index contributed by atoms with van der Waals surface area (Å²) in [4.78, 5) is 3.43. The van der Waals surface area contributed by atoms with Crippen LogP contribution in [0.3, 0.4) is 0 Å². The molecule has 1 unspecified atom stereocenters. The minimum Gasteiger partial charge on any atom is -0.364 e. The number of nitrogens with one attached hydrogen (secondary N) is 1. The largest absolute Gasteiger partial charge is 0.364 e. The van der Waals surface area contributed by atoms with Crippen molar-refractivity contribution < 1.29 is 0 Å². The molecule has 1 N–H and O–H groups in total. The molecular weight excluding hydrogens is 302 g/mol. The van der Waals surface area contributed by atoms with Gasteiger partial charge in [-0.2, -0.15) is 0 Å². The summed E-state index contributed by atoms with van der Waals surface area (Å²) < 4.78 is 0. The van der Waals surface area contributed by atoms with Crippen LogP contribution in [0, 0.1) is 0 Å². The third-order valence-corrected chi connectivity index (χ3v) is 5.42. The molecule has 1 heteroatoms. The van der Waals surface area contributed by atoms with Gasteiger partial charge >= 0.3 is 0 Å². The van der Waals surface area contributed by atoms with E-state index in [4.69, 9.17) is 0 Å². The molecule has 0 aliphatic carbocycles. The van der Waals surface area contributed by atoms with Crippen LogP contribution in [0.1, 0.15) is 122 Å². The maximum Gasteiger partial charge on any atom is 0.0219 e. The van der Waals surface area contributed by atoms with Gasteiger partial charge in [0.1, 0.15) is 0 Å².